The number of aromatic nitrogens is 1. The molecule has 0 N–H and O–H groups in total. The molecule has 3 heteroatoms. The zero-order valence-corrected chi connectivity index (χ0v) is 13.1. The SMILES string of the molecule is Cc1c2c(nc3c1oc1ccccc13)CCCCCC2.Cl. The third-order valence-corrected chi connectivity index (χ3v) is 4.55. The van der Waals surface area contributed by atoms with E-state index in [9.17, 15) is 0 Å². The Bertz CT molecular complexity index is 791. The van der Waals surface area contributed by atoms with Gasteiger partial charge in [0, 0.05) is 11.1 Å². The quantitative estimate of drug-likeness (QED) is 0.558. The minimum atomic E-state index is 0. The van der Waals surface area contributed by atoms with Gasteiger partial charge in [-0.15, -0.1) is 12.4 Å². The van der Waals surface area contributed by atoms with E-state index in [0.29, 0.717) is 0 Å². The first kappa shape index (κ1) is 14.4. The van der Waals surface area contributed by atoms with Gasteiger partial charge in [-0.2, -0.15) is 0 Å². The molecule has 21 heavy (non-hydrogen) atoms. The summed E-state index contributed by atoms with van der Waals surface area (Å²) in [7, 11) is 0. The molecule has 1 aliphatic carbocycles. The highest BCUT2D eigenvalue weighted by Gasteiger charge is 2.18. The lowest BCUT2D eigenvalue weighted by Gasteiger charge is -2.15. The average Bonchev–Trinajstić information content (AvgIpc) is 2.80. The Balaban J connectivity index is 0.00000132. The van der Waals surface area contributed by atoms with E-state index in [0.717, 1.165) is 34.9 Å². The van der Waals surface area contributed by atoms with Crippen molar-refractivity contribution in [3.8, 4) is 0 Å². The topological polar surface area (TPSA) is 26.0 Å². The molecular weight excluding hydrogens is 282 g/mol. The van der Waals surface area contributed by atoms with Crippen LogP contribution >= 0.6 is 12.4 Å². The second-order valence-corrected chi connectivity index (χ2v) is 5.85. The van der Waals surface area contributed by atoms with Crippen LogP contribution in [0.4, 0.5) is 0 Å². The van der Waals surface area contributed by atoms with E-state index in [2.05, 4.69) is 19.1 Å². The first-order chi connectivity index (χ1) is 9.84. The highest BCUT2D eigenvalue weighted by atomic mass is 35.5. The number of rotatable bonds is 0. The Morgan fingerprint density at radius 3 is 2.62 bits per heavy atom. The molecule has 0 unspecified atom stereocenters. The van der Waals surface area contributed by atoms with E-state index in [1.54, 1.807) is 0 Å². The summed E-state index contributed by atoms with van der Waals surface area (Å²) in [5, 5.41) is 1.15. The van der Waals surface area contributed by atoms with Gasteiger partial charge in [-0.1, -0.05) is 25.0 Å². The number of furan rings is 1. The largest absolute Gasteiger partial charge is 0.454 e. The predicted octanol–water partition coefficient (Wildman–Crippen LogP) is 5.37. The monoisotopic (exact) mass is 301 g/mol. The summed E-state index contributed by atoms with van der Waals surface area (Å²) >= 11 is 0. The van der Waals surface area contributed by atoms with Gasteiger partial charge in [-0.05, 0) is 55.9 Å². The van der Waals surface area contributed by atoms with E-state index >= 15 is 0 Å². The molecule has 0 bridgehead atoms. The number of hydrogen-bond acceptors (Lipinski definition) is 2. The Labute approximate surface area is 131 Å². The Morgan fingerprint density at radius 2 is 1.76 bits per heavy atom. The molecule has 0 amide bonds. The molecule has 0 fully saturated rings. The molecule has 0 saturated carbocycles. The van der Waals surface area contributed by atoms with Gasteiger partial charge in [0.25, 0.3) is 0 Å². The van der Waals surface area contributed by atoms with Crippen molar-refractivity contribution in [1.82, 2.24) is 4.98 Å². The van der Waals surface area contributed by atoms with Crippen LogP contribution in [0, 0.1) is 6.92 Å². The van der Waals surface area contributed by atoms with Crippen LogP contribution < -0.4 is 0 Å². The maximum atomic E-state index is 6.06. The van der Waals surface area contributed by atoms with Crippen molar-refractivity contribution in [3.05, 3.63) is 41.1 Å². The molecule has 0 spiro atoms. The van der Waals surface area contributed by atoms with Crippen LogP contribution in [0.25, 0.3) is 22.1 Å². The number of para-hydroxylation sites is 1. The number of aryl methyl sites for hydroxylation is 2. The standard InChI is InChI=1S/C18H19NO.ClH/c1-12-13-8-4-2-3-5-10-15(13)19-17-14-9-6-7-11-16(14)20-18(12)17;/h6-7,9,11H,2-5,8,10H2,1H3;1H. The van der Waals surface area contributed by atoms with Crippen molar-refractivity contribution in [2.75, 3.05) is 0 Å². The van der Waals surface area contributed by atoms with Gasteiger partial charge in [0.1, 0.15) is 11.1 Å². The van der Waals surface area contributed by atoms with Gasteiger partial charge in [0.05, 0.1) is 0 Å². The van der Waals surface area contributed by atoms with E-state index in [1.165, 1.54) is 42.5 Å². The van der Waals surface area contributed by atoms with Crippen LogP contribution in [0.2, 0.25) is 0 Å². The van der Waals surface area contributed by atoms with Crippen molar-refractivity contribution in [3.63, 3.8) is 0 Å². The van der Waals surface area contributed by atoms with Gasteiger partial charge in [0.15, 0.2) is 5.58 Å². The highest BCUT2D eigenvalue weighted by molar-refractivity contribution is 6.03. The third kappa shape index (κ3) is 2.32. The number of benzene rings is 1. The van der Waals surface area contributed by atoms with Crippen LogP contribution in [-0.2, 0) is 12.8 Å². The molecule has 0 saturated heterocycles. The van der Waals surface area contributed by atoms with Crippen LogP contribution in [0.15, 0.2) is 28.7 Å². The fraction of sp³-hybridized carbons (Fsp3) is 0.389. The second-order valence-electron chi connectivity index (χ2n) is 5.85. The number of hydrogen-bond donors (Lipinski definition) is 0. The van der Waals surface area contributed by atoms with E-state index < -0.39 is 0 Å². The molecule has 110 valence electrons. The summed E-state index contributed by atoms with van der Waals surface area (Å²) < 4.78 is 6.06. The Kier molecular flexibility index (Phi) is 3.90. The molecule has 0 aliphatic heterocycles. The Hall–Kier alpha value is -1.54. The zero-order chi connectivity index (χ0) is 13.5. The number of nitrogens with zero attached hydrogens (tertiary/aromatic N) is 1. The lowest BCUT2D eigenvalue weighted by Crippen LogP contribution is -2.05. The summed E-state index contributed by atoms with van der Waals surface area (Å²) in [4.78, 5) is 4.97. The van der Waals surface area contributed by atoms with Gasteiger partial charge in [0.2, 0.25) is 0 Å². The predicted molar refractivity (Wildman–Crippen MR) is 89.4 cm³/mol. The fourth-order valence-corrected chi connectivity index (χ4v) is 3.44. The summed E-state index contributed by atoms with van der Waals surface area (Å²) in [6.45, 7) is 2.20. The minimum Gasteiger partial charge on any atom is -0.454 e. The first-order valence-electron chi connectivity index (χ1n) is 7.64. The normalized spacial score (nSPS) is 15.3. The third-order valence-electron chi connectivity index (χ3n) is 4.55. The van der Waals surface area contributed by atoms with Gasteiger partial charge in [-0.3, -0.25) is 0 Å². The van der Waals surface area contributed by atoms with Crippen LogP contribution in [0.5, 0.6) is 0 Å². The van der Waals surface area contributed by atoms with E-state index in [-0.39, 0.29) is 12.4 Å². The summed E-state index contributed by atoms with van der Waals surface area (Å²) in [5.74, 6) is 0. The molecule has 0 atom stereocenters. The molecule has 4 rings (SSSR count). The minimum absolute atomic E-state index is 0. The molecule has 0 radical (unpaired) electrons. The maximum absolute atomic E-state index is 6.06. The van der Waals surface area contributed by atoms with Gasteiger partial charge < -0.3 is 4.42 Å². The smallest absolute Gasteiger partial charge is 0.157 e. The zero-order valence-electron chi connectivity index (χ0n) is 12.3. The van der Waals surface area contributed by atoms with Crippen LogP contribution in [0.3, 0.4) is 0 Å². The lowest BCUT2D eigenvalue weighted by molar-refractivity contribution is 0.605. The lowest BCUT2D eigenvalue weighted by atomic mass is 9.93. The summed E-state index contributed by atoms with van der Waals surface area (Å²) in [6, 6.07) is 8.23. The van der Waals surface area contributed by atoms with Crippen LogP contribution in [-0.4, -0.2) is 4.98 Å². The first-order valence-corrected chi connectivity index (χ1v) is 7.64. The molecule has 3 aromatic rings. The van der Waals surface area contributed by atoms with E-state index in [1.807, 2.05) is 12.1 Å². The number of halogens is 1. The van der Waals surface area contributed by atoms with Crippen molar-refractivity contribution in [1.29, 1.82) is 0 Å². The van der Waals surface area contributed by atoms with Crippen LogP contribution in [0.1, 0.15) is 42.5 Å². The number of fused-ring (bicyclic) bond motifs is 4. The summed E-state index contributed by atoms with van der Waals surface area (Å²) in [5.41, 5.74) is 7.06. The summed E-state index contributed by atoms with van der Waals surface area (Å²) in [6.07, 6.45) is 7.50. The molecule has 1 aromatic carbocycles. The molecular formula is C18H20ClNO. The second kappa shape index (κ2) is 5.69. The number of pyridine rings is 1. The molecule has 2 heterocycles. The molecule has 2 nitrogen and oxygen atoms in total. The van der Waals surface area contributed by atoms with Crippen molar-refractivity contribution >= 4 is 34.5 Å². The van der Waals surface area contributed by atoms with Gasteiger partial charge in [-0.25, -0.2) is 4.98 Å². The van der Waals surface area contributed by atoms with E-state index in [4.69, 9.17) is 9.40 Å². The molecule has 1 aliphatic rings. The maximum Gasteiger partial charge on any atom is 0.157 e. The fourth-order valence-electron chi connectivity index (χ4n) is 3.44. The average molecular weight is 302 g/mol. The molecule has 2 aromatic heterocycles. The highest BCUT2D eigenvalue weighted by Crippen LogP contribution is 2.33. The van der Waals surface area contributed by atoms with Crippen molar-refractivity contribution in [2.45, 2.75) is 45.4 Å². The van der Waals surface area contributed by atoms with Crippen molar-refractivity contribution < 1.29 is 4.42 Å². The van der Waals surface area contributed by atoms with Gasteiger partial charge >= 0.3 is 0 Å². The van der Waals surface area contributed by atoms with Crippen molar-refractivity contribution in [2.24, 2.45) is 0 Å². The Morgan fingerprint density at radius 1 is 1.00 bits per heavy atom.